The molecule has 25 heavy (non-hydrogen) atoms. The molecule has 1 N–H and O–H groups in total. The first-order chi connectivity index (χ1) is 11.9. The summed E-state index contributed by atoms with van der Waals surface area (Å²) in [4.78, 5) is 15.0. The quantitative estimate of drug-likeness (QED) is 0.745. The first kappa shape index (κ1) is 17.7. The molecular formula is C18H22ClN3O3. The maximum absolute atomic E-state index is 11.0. The fourth-order valence-corrected chi connectivity index (χ4v) is 3.56. The maximum Gasteiger partial charge on any atom is 0.338 e. The maximum atomic E-state index is 11.0. The van der Waals surface area contributed by atoms with Gasteiger partial charge in [-0.15, -0.1) is 5.10 Å². The number of ether oxygens (including phenoxy) is 1. The van der Waals surface area contributed by atoms with Crippen molar-refractivity contribution in [3.8, 4) is 11.7 Å². The second kappa shape index (κ2) is 7.04. The number of hydrogen-bond acceptors (Lipinski definition) is 4. The van der Waals surface area contributed by atoms with E-state index in [0.29, 0.717) is 23.7 Å². The van der Waals surface area contributed by atoms with Crippen molar-refractivity contribution in [1.29, 1.82) is 0 Å². The zero-order chi connectivity index (χ0) is 18.0. The van der Waals surface area contributed by atoms with Crippen molar-refractivity contribution in [3.63, 3.8) is 0 Å². The Morgan fingerprint density at radius 3 is 2.88 bits per heavy atom. The lowest BCUT2D eigenvalue weighted by atomic mass is 9.59. The molecule has 0 aliphatic heterocycles. The third-order valence-corrected chi connectivity index (χ3v) is 5.73. The number of rotatable bonds is 7. The lowest BCUT2D eigenvalue weighted by Crippen LogP contribution is -2.37. The molecule has 0 bridgehead atoms. The molecule has 1 aliphatic carbocycles. The average Bonchev–Trinajstić information content (AvgIpc) is 3.05. The first-order valence-corrected chi connectivity index (χ1v) is 8.89. The lowest BCUT2D eigenvalue weighted by molar-refractivity contribution is 0.0284. The second-order valence-electron chi connectivity index (χ2n) is 6.79. The van der Waals surface area contributed by atoms with E-state index in [1.807, 2.05) is 0 Å². The Morgan fingerprint density at radius 1 is 1.48 bits per heavy atom. The van der Waals surface area contributed by atoms with Gasteiger partial charge >= 0.3 is 5.97 Å². The average molecular weight is 364 g/mol. The Bertz CT molecular complexity index is 773. The van der Waals surface area contributed by atoms with Crippen LogP contribution in [0.25, 0.3) is 5.82 Å². The van der Waals surface area contributed by atoms with Crippen LogP contribution in [-0.2, 0) is 0 Å². The van der Waals surface area contributed by atoms with Gasteiger partial charge in [0.1, 0.15) is 5.15 Å². The number of aromatic nitrogens is 3. The second-order valence-corrected chi connectivity index (χ2v) is 7.15. The van der Waals surface area contributed by atoms with E-state index in [2.05, 4.69) is 23.9 Å². The normalized spacial score (nSPS) is 22.4. The zero-order valence-corrected chi connectivity index (χ0v) is 15.2. The Morgan fingerprint density at radius 2 is 2.28 bits per heavy atom. The summed E-state index contributed by atoms with van der Waals surface area (Å²) >= 11 is 5.90. The highest BCUT2D eigenvalue weighted by atomic mass is 35.5. The van der Waals surface area contributed by atoms with Crippen molar-refractivity contribution in [2.24, 2.45) is 11.3 Å². The smallest absolute Gasteiger partial charge is 0.338 e. The predicted octanol–water partition coefficient (Wildman–Crippen LogP) is 4.21. The van der Waals surface area contributed by atoms with Crippen LogP contribution in [0.15, 0.2) is 24.4 Å². The molecule has 2 unspecified atom stereocenters. The van der Waals surface area contributed by atoms with Gasteiger partial charge in [0, 0.05) is 12.3 Å². The molecule has 2 heterocycles. The monoisotopic (exact) mass is 363 g/mol. The summed E-state index contributed by atoms with van der Waals surface area (Å²) in [5.41, 5.74) is 0.434. The molecule has 2 aromatic rings. The highest BCUT2D eigenvalue weighted by Gasteiger charge is 2.40. The number of pyridine rings is 1. The third kappa shape index (κ3) is 3.63. The van der Waals surface area contributed by atoms with Crippen LogP contribution in [0, 0.1) is 11.3 Å². The van der Waals surface area contributed by atoms with Crippen LogP contribution in [0.2, 0.25) is 5.15 Å². The number of carboxylic acid groups (broad SMARTS) is 1. The summed E-state index contributed by atoms with van der Waals surface area (Å²) < 4.78 is 7.28. The summed E-state index contributed by atoms with van der Waals surface area (Å²) in [6.45, 7) is 5.25. The highest BCUT2D eigenvalue weighted by Crippen LogP contribution is 2.50. The van der Waals surface area contributed by atoms with Crippen LogP contribution in [0.5, 0.6) is 5.88 Å². The Labute approximate surface area is 151 Å². The topological polar surface area (TPSA) is 77.2 Å². The molecule has 2 atom stereocenters. The van der Waals surface area contributed by atoms with E-state index in [1.165, 1.54) is 30.0 Å². The van der Waals surface area contributed by atoms with Gasteiger partial charge in [-0.3, -0.25) is 0 Å². The van der Waals surface area contributed by atoms with Gasteiger partial charge < -0.3 is 9.84 Å². The number of halogens is 1. The van der Waals surface area contributed by atoms with Crippen molar-refractivity contribution in [3.05, 3.63) is 35.1 Å². The van der Waals surface area contributed by atoms with E-state index in [1.54, 1.807) is 18.3 Å². The molecule has 0 amide bonds. The standard InChI is InChI=1S/C18H22ClN3O3/c1-3-18(2)9-6-12(18)8-11-25-15-7-10-22(21-15)14-5-4-13(17(23)24)16(19)20-14/h4-5,7,10,12H,3,6,8-9,11H2,1-2H3,(H,23,24). The molecule has 0 spiro atoms. The van der Waals surface area contributed by atoms with Crippen molar-refractivity contribution in [2.75, 3.05) is 6.61 Å². The van der Waals surface area contributed by atoms with Crippen LogP contribution < -0.4 is 4.74 Å². The van der Waals surface area contributed by atoms with Crippen molar-refractivity contribution in [2.45, 2.75) is 39.5 Å². The molecular weight excluding hydrogens is 342 g/mol. The fraction of sp³-hybridized carbons (Fsp3) is 0.500. The minimum Gasteiger partial charge on any atom is -0.478 e. The molecule has 3 rings (SSSR count). The fourth-order valence-electron chi connectivity index (χ4n) is 3.33. The van der Waals surface area contributed by atoms with E-state index < -0.39 is 5.97 Å². The zero-order valence-electron chi connectivity index (χ0n) is 14.4. The summed E-state index contributed by atoms with van der Waals surface area (Å²) in [5, 5.41) is 13.2. The van der Waals surface area contributed by atoms with E-state index in [0.717, 1.165) is 12.3 Å². The summed E-state index contributed by atoms with van der Waals surface area (Å²) in [5.74, 6) is 0.590. The van der Waals surface area contributed by atoms with Gasteiger partial charge in [0.25, 0.3) is 0 Å². The highest BCUT2D eigenvalue weighted by molar-refractivity contribution is 6.32. The van der Waals surface area contributed by atoms with Crippen LogP contribution >= 0.6 is 11.6 Å². The molecule has 134 valence electrons. The number of nitrogens with zero attached hydrogens (tertiary/aromatic N) is 3. The van der Waals surface area contributed by atoms with Gasteiger partial charge in [-0.05, 0) is 42.7 Å². The number of carboxylic acids is 1. The molecule has 1 fully saturated rings. The first-order valence-electron chi connectivity index (χ1n) is 8.51. The summed E-state index contributed by atoms with van der Waals surface area (Å²) in [7, 11) is 0. The van der Waals surface area contributed by atoms with Crippen molar-refractivity contribution in [1.82, 2.24) is 14.8 Å². The van der Waals surface area contributed by atoms with Gasteiger partial charge in [-0.1, -0.05) is 31.9 Å². The van der Waals surface area contributed by atoms with Crippen LogP contribution in [0.4, 0.5) is 0 Å². The Hall–Kier alpha value is -2.08. The van der Waals surface area contributed by atoms with E-state index in [4.69, 9.17) is 21.4 Å². The Kier molecular flexibility index (Phi) is 4.99. The number of hydrogen-bond donors (Lipinski definition) is 1. The molecule has 0 saturated heterocycles. The van der Waals surface area contributed by atoms with Gasteiger partial charge in [0.2, 0.25) is 5.88 Å². The van der Waals surface area contributed by atoms with E-state index in [-0.39, 0.29) is 10.7 Å². The number of carbonyl (C=O) groups is 1. The molecule has 0 radical (unpaired) electrons. The van der Waals surface area contributed by atoms with Crippen molar-refractivity contribution >= 4 is 17.6 Å². The molecule has 1 saturated carbocycles. The minimum absolute atomic E-state index is 0.0338. The largest absolute Gasteiger partial charge is 0.478 e. The summed E-state index contributed by atoms with van der Waals surface area (Å²) in [6, 6.07) is 4.74. The summed E-state index contributed by atoms with van der Waals surface area (Å²) in [6.07, 6.45) is 6.55. The molecule has 0 aromatic carbocycles. The van der Waals surface area contributed by atoms with Crippen LogP contribution in [0.3, 0.4) is 0 Å². The van der Waals surface area contributed by atoms with Gasteiger partial charge in [0.05, 0.1) is 12.2 Å². The van der Waals surface area contributed by atoms with Crippen molar-refractivity contribution < 1.29 is 14.6 Å². The number of aromatic carboxylic acids is 1. The predicted molar refractivity (Wildman–Crippen MR) is 94.6 cm³/mol. The molecule has 2 aromatic heterocycles. The van der Waals surface area contributed by atoms with E-state index >= 15 is 0 Å². The SMILES string of the molecule is CCC1(C)CCC1CCOc1ccn(-c2ccc(C(=O)O)c(Cl)n2)n1. The lowest BCUT2D eigenvalue weighted by Gasteiger charge is -2.47. The van der Waals surface area contributed by atoms with Gasteiger partial charge in [0.15, 0.2) is 5.82 Å². The molecule has 7 heteroatoms. The van der Waals surface area contributed by atoms with Gasteiger partial charge in [-0.2, -0.15) is 0 Å². The minimum atomic E-state index is -1.11. The van der Waals surface area contributed by atoms with Gasteiger partial charge in [-0.25, -0.2) is 14.5 Å². The van der Waals surface area contributed by atoms with E-state index in [9.17, 15) is 4.79 Å². The van der Waals surface area contributed by atoms with Crippen LogP contribution in [0.1, 0.15) is 49.9 Å². The van der Waals surface area contributed by atoms with Crippen LogP contribution in [-0.4, -0.2) is 32.4 Å². The third-order valence-electron chi connectivity index (χ3n) is 5.44. The Balaban J connectivity index is 1.59. The molecule has 6 nitrogen and oxygen atoms in total. The molecule has 1 aliphatic rings.